The second kappa shape index (κ2) is 2.66. The second-order valence-corrected chi connectivity index (χ2v) is 3.21. The minimum Gasteiger partial charge on any atom is -0.345 e. The summed E-state index contributed by atoms with van der Waals surface area (Å²) in [7, 11) is 0. The van der Waals surface area contributed by atoms with E-state index in [9.17, 15) is 0 Å². The third-order valence-electron chi connectivity index (χ3n) is 2.08. The molecular formula is C8H13N3. The molecule has 0 radical (unpaired) electrons. The summed E-state index contributed by atoms with van der Waals surface area (Å²) in [5.41, 5.74) is 6.48. The lowest BCUT2D eigenvalue weighted by Gasteiger charge is -1.91. The van der Waals surface area contributed by atoms with Gasteiger partial charge >= 0.3 is 0 Å². The van der Waals surface area contributed by atoms with E-state index < -0.39 is 0 Å². The Morgan fingerprint density at radius 2 is 2.45 bits per heavy atom. The topological polar surface area (TPSA) is 54.7 Å². The van der Waals surface area contributed by atoms with Crippen molar-refractivity contribution in [2.24, 2.45) is 11.7 Å². The van der Waals surface area contributed by atoms with Crippen LogP contribution in [-0.2, 0) is 13.0 Å². The third kappa shape index (κ3) is 1.60. The van der Waals surface area contributed by atoms with Crippen molar-refractivity contribution in [2.75, 3.05) is 0 Å². The van der Waals surface area contributed by atoms with Gasteiger partial charge in [0.05, 0.1) is 0 Å². The van der Waals surface area contributed by atoms with Crippen LogP contribution in [0.4, 0.5) is 0 Å². The van der Waals surface area contributed by atoms with Crippen LogP contribution in [0.25, 0.3) is 0 Å². The first kappa shape index (κ1) is 6.85. The molecule has 0 aromatic carbocycles. The van der Waals surface area contributed by atoms with Gasteiger partial charge < -0.3 is 10.7 Å². The molecule has 1 saturated carbocycles. The number of aromatic nitrogens is 2. The molecule has 3 N–H and O–H groups in total. The number of hydrogen-bond acceptors (Lipinski definition) is 2. The van der Waals surface area contributed by atoms with Crippen LogP contribution in [0.1, 0.15) is 24.4 Å². The molecule has 0 bridgehead atoms. The van der Waals surface area contributed by atoms with Crippen LogP contribution >= 0.6 is 0 Å². The molecule has 1 fully saturated rings. The van der Waals surface area contributed by atoms with Crippen molar-refractivity contribution >= 4 is 0 Å². The molecule has 3 heteroatoms. The van der Waals surface area contributed by atoms with Gasteiger partial charge in [-0.3, -0.25) is 0 Å². The molecule has 0 spiro atoms. The number of H-pyrrole nitrogens is 1. The van der Waals surface area contributed by atoms with Gasteiger partial charge in [-0.05, 0) is 18.8 Å². The van der Waals surface area contributed by atoms with Crippen molar-refractivity contribution in [3.05, 3.63) is 17.7 Å². The van der Waals surface area contributed by atoms with E-state index in [1.54, 1.807) is 0 Å². The number of nitrogens with two attached hydrogens (primary N) is 1. The largest absolute Gasteiger partial charge is 0.345 e. The van der Waals surface area contributed by atoms with Crippen molar-refractivity contribution in [3.63, 3.8) is 0 Å². The quantitative estimate of drug-likeness (QED) is 0.672. The first-order valence-corrected chi connectivity index (χ1v) is 4.11. The molecule has 0 atom stereocenters. The van der Waals surface area contributed by atoms with E-state index in [1.165, 1.54) is 12.8 Å². The molecule has 1 aromatic heterocycles. The van der Waals surface area contributed by atoms with E-state index in [2.05, 4.69) is 9.97 Å². The number of hydrogen-bond donors (Lipinski definition) is 2. The molecule has 1 aliphatic carbocycles. The van der Waals surface area contributed by atoms with Crippen molar-refractivity contribution in [2.45, 2.75) is 25.8 Å². The van der Waals surface area contributed by atoms with Gasteiger partial charge in [0.25, 0.3) is 0 Å². The van der Waals surface area contributed by atoms with Crippen LogP contribution in [-0.4, -0.2) is 9.97 Å². The predicted molar refractivity (Wildman–Crippen MR) is 42.9 cm³/mol. The zero-order valence-electron chi connectivity index (χ0n) is 6.51. The first-order chi connectivity index (χ1) is 5.38. The molecule has 1 aromatic rings. The van der Waals surface area contributed by atoms with Gasteiger partial charge in [0.2, 0.25) is 0 Å². The zero-order chi connectivity index (χ0) is 7.68. The van der Waals surface area contributed by atoms with E-state index in [0.717, 1.165) is 23.9 Å². The maximum atomic E-state index is 5.44. The summed E-state index contributed by atoms with van der Waals surface area (Å²) >= 11 is 0. The number of nitrogens with one attached hydrogen (secondary N) is 1. The normalized spacial score (nSPS) is 17.2. The maximum Gasteiger partial charge on any atom is 0.106 e. The fourth-order valence-electron chi connectivity index (χ4n) is 1.21. The van der Waals surface area contributed by atoms with E-state index in [0.29, 0.717) is 6.54 Å². The maximum absolute atomic E-state index is 5.44. The van der Waals surface area contributed by atoms with E-state index in [1.807, 2.05) is 6.20 Å². The smallest absolute Gasteiger partial charge is 0.106 e. The van der Waals surface area contributed by atoms with Gasteiger partial charge in [-0.1, -0.05) is 0 Å². The number of rotatable bonds is 3. The van der Waals surface area contributed by atoms with E-state index >= 15 is 0 Å². The lowest BCUT2D eigenvalue weighted by molar-refractivity contribution is 0.780. The van der Waals surface area contributed by atoms with Gasteiger partial charge in [0.15, 0.2) is 0 Å². The highest BCUT2D eigenvalue weighted by Crippen LogP contribution is 2.31. The Hall–Kier alpha value is -0.830. The monoisotopic (exact) mass is 151 g/mol. The molecule has 0 saturated heterocycles. The first-order valence-electron chi connectivity index (χ1n) is 4.11. The minimum absolute atomic E-state index is 0.567. The molecule has 0 aliphatic heterocycles. The lowest BCUT2D eigenvalue weighted by Crippen LogP contribution is -1.96. The number of imidazole rings is 1. The predicted octanol–water partition coefficient (Wildman–Crippen LogP) is 0.821. The summed E-state index contributed by atoms with van der Waals surface area (Å²) in [6.45, 7) is 0.567. The van der Waals surface area contributed by atoms with Crippen molar-refractivity contribution in [1.29, 1.82) is 0 Å². The molecule has 11 heavy (non-hydrogen) atoms. The molecule has 2 rings (SSSR count). The number of aromatic amines is 1. The van der Waals surface area contributed by atoms with Crippen LogP contribution in [0.2, 0.25) is 0 Å². The minimum atomic E-state index is 0.567. The summed E-state index contributed by atoms with van der Waals surface area (Å²) in [4.78, 5) is 7.43. The zero-order valence-corrected chi connectivity index (χ0v) is 6.51. The Morgan fingerprint density at radius 1 is 1.64 bits per heavy atom. The molecule has 60 valence electrons. The third-order valence-corrected chi connectivity index (χ3v) is 2.08. The van der Waals surface area contributed by atoms with Crippen LogP contribution in [0.5, 0.6) is 0 Å². The molecule has 1 heterocycles. The van der Waals surface area contributed by atoms with E-state index in [-0.39, 0.29) is 0 Å². The van der Waals surface area contributed by atoms with Crippen LogP contribution in [0.15, 0.2) is 6.20 Å². The Labute approximate surface area is 66.0 Å². The standard InChI is InChI=1S/C8H13N3/c9-4-7-5-10-8(11-7)3-6-1-2-6/h5-6H,1-4,9H2,(H,10,11). The van der Waals surface area contributed by atoms with Crippen LogP contribution < -0.4 is 5.73 Å². The van der Waals surface area contributed by atoms with Gasteiger partial charge in [0, 0.05) is 24.9 Å². The van der Waals surface area contributed by atoms with Crippen molar-refractivity contribution in [3.8, 4) is 0 Å². The van der Waals surface area contributed by atoms with Gasteiger partial charge in [-0.25, -0.2) is 4.98 Å². The highest BCUT2D eigenvalue weighted by Gasteiger charge is 2.22. The van der Waals surface area contributed by atoms with Gasteiger partial charge in [0.1, 0.15) is 5.82 Å². The summed E-state index contributed by atoms with van der Waals surface area (Å²) in [6, 6.07) is 0. The Bertz CT molecular complexity index is 237. The Morgan fingerprint density at radius 3 is 3.00 bits per heavy atom. The van der Waals surface area contributed by atoms with Crippen LogP contribution in [0, 0.1) is 5.92 Å². The molecule has 0 amide bonds. The van der Waals surface area contributed by atoms with Crippen molar-refractivity contribution in [1.82, 2.24) is 9.97 Å². The summed E-state index contributed by atoms with van der Waals surface area (Å²) in [6.07, 6.45) is 5.69. The average molecular weight is 151 g/mol. The molecular weight excluding hydrogens is 138 g/mol. The fourth-order valence-corrected chi connectivity index (χ4v) is 1.21. The van der Waals surface area contributed by atoms with Crippen LogP contribution in [0.3, 0.4) is 0 Å². The highest BCUT2D eigenvalue weighted by atomic mass is 14.9. The molecule has 0 unspecified atom stereocenters. The fraction of sp³-hybridized carbons (Fsp3) is 0.625. The Balaban J connectivity index is 1.99. The highest BCUT2D eigenvalue weighted by molar-refractivity contribution is 5.02. The summed E-state index contributed by atoms with van der Waals surface area (Å²) in [5, 5.41) is 0. The van der Waals surface area contributed by atoms with Crippen molar-refractivity contribution < 1.29 is 0 Å². The van der Waals surface area contributed by atoms with Gasteiger partial charge in [-0.2, -0.15) is 0 Å². The SMILES string of the molecule is NCc1cnc(CC2CC2)[nH]1. The lowest BCUT2D eigenvalue weighted by atomic mass is 10.3. The summed E-state index contributed by atoms with van der Waals surface area (Å²) < 4.78 is 0. The number of nitrogens with zero attached hydrogens (tertiary/aromatic N) is 1. The summed E-state index contributed by atoms with van der Waals surface area (Å²) in [5.74, 6) is 2.00. The van der Waals surface area contributed by atoms with Gasteiger partial charge in [-0.15, -0.1) is 0 Å². The molecule has 1 aliphatic rings. The molecule has 3 nitrogen and oxygen atoms in total. The van der Waals surface area contributed by atoms with E-state index in [4.69, 9.17) is 5.73 Å². The average Bonchev–Trinajstić information content (AvgIpc) is 2.68. The Kier molecular flexibility index (Phi) is 1.66. The second-order valence-electron chi connectivity index (χ2n) is 3.21.